The minimum absolute atomic E-state index is 0.362. The van der Waals surface area contributed by atoms with Crippen LogP contribution in [-0.4, -0.2) is 30.7 Å². The molecule has 0 spiro atoms. The molecule has 0 amide bonds. The number of rotatable bonds is 3. The number of ether oxygens (including phenoxy) is 2. The highest BCUT2D eigenvalue weighted by atomic mass is 35.5. The third-order valence-electron chi connectivity index (χ3n) is 2.05. The molecule has 0 aromatic heterocycles. The van der Waals surface area contributed by atoms with Crippen molar-refractivity contribution in [2.45, 2.75) is 5.06 Å². The third kappa shape index (κ3) is 2.08. The van der Waals surface area contributed by atoms with Crippen LogP contribution in [0.5, 0.6) is 0 Å². The maximum absolute atomic E-state index is 8.47. The second-order valence-electron chi connectivity index (χ2n) is 2.80. The second kappa shape index (κ2) is 4.48. The molecule has 1 rings (SSSR count). The summed E-state index contributed by atoms with van der Waals surface area (Å²) in [5.41, 5.74) is 0. The zero-order chi connectivity index (χ0) is 10.6. The number of nitrogens with zero attached hydrogens (tertiary/aromatic N) is 1. The minimum atomic E-state index is -1.01. The van der Waals surface area contributed by atoms with Gasteiger partial charge in [-0.25, -0.2) is 0 Å². The monoisotopic (exact) mass is 217 g/mol. The van der Waals surface area contributed by atoms with Gasteiger partial charge in [0.2, 0.25) is 0 Å². The highest BCUT2D eigenvalue weighted by Crippen LogP contribution is 2.33. The lowest BCUT2D eigenvalue weighted by atomic mass is 9.97. The number of halogens is 1. The van der Waals surface area contributed by atoms with Gasteiger partial charge >= 0.3 is 0 Å². The summed E-state index contributed by atoms with van der Waals surface area (Å²) in [5.74, 6) is 0.294. The molecule has 1 aliphatic carbocycles. The summed E-state index contributed by atoms with van der Waals surface area (Å²) in [7, 11) is 3.04. The maximum atomic E-state index is 8.47. The lowest BCUT2D eigenvalue weighted by Crippen LogP contribution is -2.34. The van der Waals surface area contributed by atoms with Gasteiger partial charge in [-0.2, -0.15) is 0 Å². The Morgan fingerprint density at radius 3 is 2.86 bits per heavy atom. The number of alkyl halides is 1. The van der Waals surface area contributed by atoms with Gasteiger partial charge in [-0.15, -0.1) is 5.16 Å². The van der Waals surface area contributed by atoms with E-state index in [2.05, 4.69) is 5.16 Å². The number of allylic oxidation sites excluding steroid dienone is 1. The number of hydrogen-bond acceptors (Lipinski definition) is 4. The van der Waals surface area contributed by atoms with Crippen LogP contribution in [0.1, 0.15) is 0 Å². The lowest BCUT2D eigenvalue weighted by molar-refractivity contribution is 0.0856. The van der Waals surface area contributed by atoms with Crippen LogP contribution in [0.3, 0.4) is 0 Å². The van der Waals surface area contributed by atoms with E-state index in [4.69, 9.17) is 26.3 Å². The first-order valence-corrected chi connectivity index (χ1v) is 4.40. The van der Waals surface area contributed by atoms with E-state index >= 15 is 0 Å². The van der Waals surface area contributed by atoms with Crippen molar-refractivity contribution < 1.29 is 14.7 Å². The average molecular weight is 218 g/mol. The molecule has 4 nitrogen and oxygen atoms in total. The molecule has 0 heterocycles. The molecule has 0 saturated heterocycles. The Morgan fingerprint density at radius 1 is 1.64 bits per heavy atom. The normalized spacial score (nSPS) is 31.9. The zero-order valence-corrected chi connectivity index (χ0v) is 8.73. The fourth-order valence-corrected chi connectivity index (χ4v) is 1.39. The average Bonchev–Trinajstić information content (AvgIpc) is 2.22. The molecule has 78 valence electrons. The van der Waals surface area contributed by atoms with Crippen LogP contribution in [0.15, 0.2) is 29.1 Å². The van der Waals surface area contributed by atoms with Crippen LogP contribution in [0, 0.1) is 5.92 Å². The van der Waals surface area contributed by atoms with Crippen molar-refractivity contribution in [3.63, 3.8) is 0 Å². The number of methoxy groups -OCH3 is 2. The largest absolute Gasteiger partial charge is 0.497 e. The summed E-state index contributed by atoms with van der Waals surface area (Å²) in [6.07, 6.45) is 6.37. The summed E-state index contributed by atoms with van der Waals surface area (Å²) in [6.45, 7) is 0. The molecule has 0 unspecified atom stereocenters. The smallest absolute Gasteiger partial charge is 0.171 e. The number of oxime groups is 1. The van der Waals surface area contributed by atoms with Crippen LogP contribution in [0.25, 0.3) is 0 Å². The van der Waals surface area contributed by atoms with Crippen molar-refractivity contribution in [1.29, 1.82) is 0 Å². The van der Waals surface area contributed by atoms with E-state index in [1.54, 1.807) is 25.3 Å². The van der Waals surface area contributed by atoms with Crippen LogP contribution in [0.4, 0.5) is 0 Å². The Kier molecular flexibility index (Phi) is 3.55. The highest BCUT2D eigenvalue weighted by Gasteiger charge is 2.35. The molecular formula is C9H12ClNO3. The Labute approximate surface area is 87.4 Å². The molecular weight excluding hydrogens is 206 g/mol. The van der Waals surface area contributed by atoms with Gasteiger partial charge < -0.3 is 14.7 Å². The molecule has 2 atom stereocenters. The molecule has 0 aromatic carbocycles. The van der Waals surface area contributed by atoms with Gasteiger partial charge in [0, 0.05) is 7.11 Å². The van der Waals surface area contributed by atoms with E-state index < -0.39 is 5.06 Å². The first-order valence-electron chi connectivity index (χ1n) is 4.03. The summed E-state index contributed by atoms with van der Waals surface area (Å²) in [4.78, 5) is 0. The van der Waals surface area contributed by atoms with E-state index in [1.165, 1.54) is 13.3 Å². The quantitative estimate of drug-likeness (QED) is 0.339. The summed E-state index contributed by atoms with van der Waals surface area (Å²) >= 11 is 6.12. The Hall–Kier alpha value is -1.00. The molecule has 0 aromatic rings. The Bertz CT molecular complexity index is 288. The van der Waals surface area contributed by atoms with E-state index in [0.717, 1.165) is 0 Å². The lowest BCUT2D eigenvalue weighted by Gasteiger charge is -2.29. The first-order chi connectivity index (χ1) is 6.66. The van der Waals surface area contributed by atoms with Crippen molar-refractivity contribution in [2.24, 2.45) is 11.1 Å². The Balaban J connectivity index is 2.94. The van der Waals surface area contributed by atoms with Gasteiger partial charge in [0.15, 0.2) is 5.06 Å². The van der Waals surface area contributed by atoms with Crippen molar-refractivity contribution in [3.05, 3.63) is 24.0 Å². The minimum Gasteiger partial charge on any atom is -0.497 e. The molecule has 0 saturated carbocycles. The van der Waals surface area contributed by atoms with E-state index in [0.29, 0.717) is 5.76 Å². The maximum Gasteiger partial charge on any atom is 0.171 e. The van der Waals surface area contributed by atoms with Gasteiger partial charge in [-0.05, 0) is 18.2 Å². The van der Waals surface area contributed by atoms with Crippen LogP contribution in [-0.2, 0) is 9.47 Å². The van der Waals surface area contributed by atoms with Crippen LogP contribution in [0.2, 0.25) is 0 Å². The van der Waals surface area contributed by atoms with Gasteiger partial charge in [0.05, 0.1) is 19.2 Å². The number of hydrogen-bond donors (Lipinski definition) is 1. The molecule has 0 radical (unpaired) electrons. The van der Waals surface area contributed by atoms with E-state index in [-0.39, 0.29) is 5.92 Å². The molecule has 0 aliphatic heterocycles. The second-order valence-corrected chi connectivity index (χ2v) is 3.39. The highest BCUT2D eigenvalue weighted by molar-refractivity contribution is 6.25. The summed E-state index contributed by atoms with van der Waals surface area (Å²) < 4.78 is 10.1. The van der Waals surface area contributed by atoms with Crippen LogP contribution < -0.4 is 0 Å². The fourth-order valence-electron chi connectivity index (χ4n) is 1.21. The summed E-state index contributed by atoms with van der Waals surface area (Å²) in [5, 5.41) is 10.4. The van der Waals surface area contributed by atoms with Gasteiger partial charge in [0.25, 0.3) is 0 Å². The predicted octanol–water partition coefficient (Wildman–Crippen LogP) is 1.74. The van der Waals surface area contributed by atoms with E-state index in [1.807, 2.05) is 0 Å². The fraction of sp³-hybridized carbons (Fsp3) is 0.444. The standard InChI is InChI=1S/C9H12ClNO3/c1-13-8-3-4-9(10,14-2)7(5-8)6-11-12/h3-7,12H,1-2H3/b11-6-/t7-,9+/m0/s1. The van der Waals surface area contributed by atoms with Gasteiger partial charge in [-0.1, -0.05) is 11.6 Å². The van der Waals surface area contributed by atoms with Gasteiger partial charge in [0.1, 0.15) is 5.76 Å². The van der Waals surface area contributed by atoms with E-state index in [9.17, 15) is 0 Å². The first kappa shape index (κ1) is 11.1. The van der Waals surface area contributed by atoms with Crippen LogP contribution >= 0.6 is 11.6 Å². The third-order valence-corrected chi connectivity index (χ3v) is 2.58. The van der Waals surface area contributed by atoms with Gasteiger partial charge in [-0.3, -0.25) is 0 Å². The van der Waals surface area contributed by atoms with Crippen molar-refractivity contribution in [3.8, 4) is 0 Å². The predicted molar refractivity (Wildman–Crippen MR) is 53.6 cm³/mol. The molecule has 1 aliphatic rings. The molecule has 14 heavy (non-hydrogen) atoms. The summed E-state index contributed by atoms with van der Waals surface area (Å²) in [6, 6.07) is 0. The van der Waals surface area contributed by atoms with Crippen molar-refractivity contribution in [2.75, 3.05) is 14.2 Å². The molecule has 5 heteroatoms. The topological polar surface area (TPSA) is 51.0 Å². The van der Waals surface area contributed by atoms with Crippen molar-refractivity contribution >= 4 is 17.8 Å². The molecule has 0 bridgehead atoms. The van der Waals surface area contributed by atoms with Crippen molar-refractivity contribution in [1.82, 2.24) is 0 Å². The zero-order valence-electron chi connectivity index (χ0n) is 7.98. The molecule has 1 N–H and O–H groups in total. The Morgan fingerprint density at radius 2 is 2.36 bits per heavy atom. The SMILES string of the molecule is COC1=C[C@@H](/C=N\O)[C@](Cl)(OC)C=C1. The molecule has 0 fully saturated rings.